The standard InChI is InChI=1S/C31H24BrCl2N3O3S/c1-19(29(38)36-26-16-23(33)15-24(34)17-26)41-27-12-6-11-25(18-27)35-31(40)28(14-20-7-5-10-22(32)13-20)37-30(39)21-8-3-2-4-9-21/h2-19H,1H3,(H,35,40)(H,36,38)(H,37,39)/b28-14+. The fourth-order valence-corrected chi connectivity index (χ4v) is 5.55. The number of amides is 3. The quantitative estimate of drug-likeness (QED) is 0.124. The second-order valence-electron chi connectivity index (χ2n) is 8.82. The molecule has 0 aliphatic heterocycles. The lowest BCUT2D eigenvalue weighted by Gasteiger charge is -2.14. The summed E-state index contributed by atoms with van der Waals surface area (Å²) in [5.74, 6) is -1.14. The van der Waals surface area contributed by atoms with Gasteiger partial charge in [0.15, 0.2) is 0 Å². The van der Waals surface area contributed by atoms with E-state index in [4.69, 9.17) is 23.2 Å². The van der Waals surface area contributed by atoms with Gasteiger partial charge in [-0.1, -0.05) is 75.5 Å². The van der Waals surface area contributed by atoms with Gasteiger partial charge in [-0.15, -0.1) is 11.8 Å². The second-order valence-corrected chi connectivity index (χ2v) is 12.0. The third-order valence-corrected chi connectivity index (χ3v) is 7.62. The summed E-state index contributed by atoms with van der Waals surface area (Å²) in [6, 6.07) is 28.0. The zero-order valence-corrected chi connectivity index (χ0v) is 25.6. The summed E-state index contributed by atoms with van der Waals surface area (Å²) in [6.45, 7) is 1.77. The molecule has 0 saturated heterocycles. The monoisotopic (exact) mass is 667 g/mol. The van der Waals surface area contributed by atoms with Crippen LogP contribution in [0.2, 0.25) is 10.0 Å². The van der Waals surface area contributed by atoms with E-state index in [0.717, 1.165) is 14.9 Å². The van der Waals surface area contributed by atoms with E-state index in [9.17, 15) is 14.4 Å². The summed E-state index contributed by atoms with van der Waals surface area (Å²) >= 11 is 16.8. The van der Waals surface area contributed by atoms with Crippen LogP contribution in [0, 0.1) is 0 Å². The van der Waals surface area contributed by atoms with Crippen LogP contribution in [0.15, 0.2) is 112 Å². The minimum atomic E-state index is -0.500. The van der Waals surface area contributed by atoms with Crippen molar-refractivity contribution in [1.29, 1.82) is 0 Å². The van der Waals surface area contributed by atoms with Gasteiger partial charge in [0.2, 0.25) is 5.91 Å². The smallest absolute Gasteiger partial charge is 0.272 e. The molecule has 208 valence electrons. The molecule has 0 aromatic heterocycles. The molecule has 41 heavy (non-hydrogen) atoms. The maximum atomic E-state index is 13.4. The molecule has 0 bridgehead atoms. The second kappa shape index (κ2) is 14.4. The van der Waals surface area contributed by atoms with E-state index in [2.05, 4.69) is 31.9 Å². The SMILES string of the molecule is CC(Sc1cccc(NC(=O)/C(=C\c2cccc(Br)c2)NC(=O)c2ccccc2)c1)C(=O)Nc1cc(Cl)cc(Cl)c1. The van der Waals surface area contributed by atoms with Crippen molar-refractivity contribution < 1.29 is 14.4 Å². The maximum Gasteiger partial charge on any atom is 0.272 e. The number of thioether (sulfide) groups is 1. The summed E-state index contributed by atoms with van der Waals surface area (Å²) < 4.78 is 0.835. The van der Waals surface area contributed by atoms with Crippen LogP contribution in [0.3, 0.4) is 0 Å². The molecule has 1 atom stereocenters. The van der Waals surface area contributed by atoms with Gasteiger partial charge in [-0.3, -0.25) is 14.4 Å². The van der Waals surface area contributed by atoms with Crippen molar-refractivity contribution in [2.24, 2.45) is 0 Å². The lowest BCUT2D eigenvalue weighted by atomic mass is 10.1. The lowest BCUT2D eigenvalue weighted by Crippen LogP contribution is -2.30. The minimum Gasteiger partial charge on any atom is -0.325 e. The first-order valence-corrected chi connectivity index (χ1v) is 14.8. The van der Waals surface area contributed by atoms with Gasteiger partial charge in [0.05, 0.1) is 5.25 Å². The van der Waals surface area contributed by atoms with Gasteiger partial charge >= 0.3 is 0 Å². The molecule has 0 fully saturated rings. The van der Waals surface area contributed by atoms with Gasteiger partial charge in [0, 0.05) is 36.4 Å². The van der Waals surface area contributed by atoms with Crippen LogP contribution < -0.4 is 16.0 Å². The summed E-state index contributed by atoms with van der Waals surface area (Å²) in [4.78, 5) is 39.8. The highest BCUT2D eigenvalue weighted by Crippen LogP contribution is 2.28. The van der Waals surface area contributed by atoms with Crippen molar-refractivity contribution in [3.05, 3.63) is 128 Å². The Balaban J connectivity index is 1.48. The molecule has 10 heteroatoms. The first kappa shape index (κ1) is 30.4. The average Bonchev–Trinajstić information content (AvgIpc) is 2.92. The molecule has 0 spiro atoms. The third kappa shape index (κ3) is 9.23. The van der Waals surface area contributed by atoms with Crippen molar-refractivity contribution in [1.82, 2.24) is 5.32 Å². The molecule has 0 heterocycles. The highest BCUT2D eigenvalue weighted by atomic mass is 79.9. The van der Waals surface area contributed by atoms with Crippen LogP contribution in [0.25, 0.3) is 6.08 Å². The summed E-state index contributed by atoms with van der Waals surface area (Å²) in [7, 11) is 0. The molecular formula is C31H24BrCl2N3O3S. The average molecular weight is 669 g/mol. The molecule has 0 aliphatic rings. The molecule has 4 rings (SSSR count). The van der Waals surface area contributed by atoms with Crippen LogP contribution in [0.4, 0.5) is 11.4 Å². The minimum absolute atomic E-state index is 0.0722. The molecule has 4 aromatic rings. The molecule has 3 amide bonds. The van der Waals surface area contributed by atoms with Gasteiger partial charge in [0.1, 0.15) is 5.70 Å². The summed E-state index contributed by atoms with van der Waals surface area (Å²) in [6.07, 6.45) is 1.61. The number of hydrogen-bond acceptors (Lipinski definition) is 4. The zero-order chi connectivity index (χ0) is 29.4. The van der Waals surface area contributed by atoms with Crippen LogP contribution in [0.1, 0.15) is 22.8 Å². The van der Waals surface area contributed by atoms with Crippen LogP contribution in [0.5, 0.6) is 0 Å². The molecule has 3 N–H and O–H groups in total. The molecule has 0 aliphatic carbocycles. The van der Waals surface area contributed by atoms with Crippen molar-refractivity contribution >= 4 is 86.1 Å². The number of hydrogen-bond donors (Lipinski definition) is 3. The van der Waals surface area contributed by atoms with Crippen LogP contribution >= 0.6 is 50.9 Å². The van der Waals surface area contributed by atoms with Crippen LogP contribution in [-0.4, -0.2) is 23.0 Å². The molecule has 0 saturated carbocycles. The van der Waals surface area contributed by atoms with Gasteiger partial charge in [-0.25, -0.2) is 0 Å². The summed E-state index contributed by atoms with van der Waals surface area (Å²) in [5.41, 5.74) is 2.23. The highest BCUT2D eigenvalue weighted by Gasteiger charge is 2.18. The van der Waals surface area contributed by atoms with E-state index in [1.54, 1.807) is 73.7 Å². The van der Waals surface area contributed by atoms with E-state index in [0.29, 0.717) is 27.0 Å². The normalized spacial score (nSPS) is 11.9. The fraction of sp³-hybridized carbons (Fsp3) is 0.0645. The molecule has 4 aromatic carbocycles. The number of carbonyl (C=O) groups is 3. The van der Waals surface area contributed by atoms with Gasteiger partial charge in [-0.05, 0) is 79.2 Å². The number of anilines is 2. The van der Waals surface area contributed by atoms with Crippen molar-refractivity contribution in [3.63, 3.8) is 0 Å². The molecule has 6 nitrogen and oxygen atoms in total. The Labute approximate surface area is 260 Å². The zero-order valence-electron chi connectivity index (χ0n) is 21.7. The number of nitrogens with one attached hydrogen (secondary N) is 3. The van der Waals surface area contributed by atoms with Gasteiger partial charge in [0.25, 0.3) is 11.8 Å². The summed E-state index contributed by atoms with van der Waals surface area (Å²) in [5, 5.41) is 8.78. The van der Waals surface area contributed by atoms with E-state index in [-0.39, 0.29) is 11.6 Å². The van der Waals surface area contributed by atoms with Crippen molar-refractivity contribution in [3.8, 4) is 0 Å². The first-order valence-electron chi connectivity index (χ1n) is 12.3. The maximum absolute atomic E-state index is 13.4. The Hall–Kier alpha value is -3.56. The van der Waals surface area contributed by atoms with E-state index < -0.39 is 17.1 Å². The molecule has 1 unspecified atom stereocenters. The topological polar surface area (TPSA) is 87.3 Å². The van der Waals surface area contributed by atoms with Crippen molar-refractivity contribution in [2.75, 3.05) is 10.6 Å². The Bertz CT molecular complexity index is 1600. The van der Waals surface area contributed by atoms with E-state index in [1.165, 1.54) is 11.8 Å². The number of rotatable bonds is 9. The van der Waals surface area contributed by atoms with Crippen molar-refractivity contribution in [2.45, 2.75) is 17.1 Å². The predicted molar refractivity (Wildman–Crippen MR) is 172 cm³/mol. The Kier molecular flexibility index (Phi) is 10.7. The highest BCUT2D eigenvalue weighted by molar-refractivity contribution is 9.10. The lowest BCUT2D eigenvalue weighted by molar-refractivity contribution is -0.115. The Morgan fingerprint density at radius 1 is 0.805 bits per heavy atom. The predicted octanol–water partition coefficient (Wildman–Crippen LogP) is 8.28. The largest absolute Gasteiger partial charge is 0.325 e. The van der Waals surface area contributed by atoms with E-state index in [1.807, 2.05) is 36.4 Å². The van der Waals surface area contributed by atoms with Gasteiger partial charge < -0.3 is 16.0 Å². The molecular weight excluding hydrogens is 645 g/mol. The van der Waals surface area contributed by atoms with Gasteiger partial charge in [-0.2, -0.15) is 0 Å². The first-order chi connectivity index (χ1) is 19.7. The number of halogens is 3. The molecule has 0 radical (unpaired) electrons. The number of carbonyl (C=O) groups excluding carboxylic acids is 3. The third-order valence-electron chi connectivity index (χ3n) is 5.59. The van der Waals surface area contributed by atoms with E-state index >= 15 is 0 Å². The Morgan fingerprint density at radius 2 is 1.51 bits per heavy atom. The number of benzene rings is 4. The fourth-order valence-electron chi connectivity index (χ4n) is 3.68. The van der Waals surface area contributed by atoms with Crippen LogP contribution in [-0.2, 0) is 9.59 Å². The Morgan fingerprint density at radius 3 is 2.22 bits per heavy atom.